The molecule has 7 heteroatoms. The van der Waals surface area contributed by atoms with Gasteiger partial charge in [0, 0.05) is 22.4 Å². The third-order valence-electron chi connectivity index (χ3n) is 3.14. The minimum absolute atomic E-state index is 0.00625. The first-order chi connectivity index (χ1) is 9.61. The maximum atomic E-state index is 11.8. The normalized spacial score (nSPS) is 17.9. The molecule has 1 aliphatic rings. The van der Waals surface area contributed by atoms with Crippen LogP contribution in [-0.4, -0.2) is 43.8 Å². The number of thiophene rings is 1. The van der Waals surface area contributed by atoms with Gasteiger partial charge in [0.1, 0.15) is 4.34 Å². The number of nitrogens with zero attached hydrogens (tertiary/aromatic N) is 1. The first kappa shape index (κ1) is 16.2. The lowest BCUT2D eigenvalue weighted by Gasteiger charge is -2.33. The van der Waals surface area contributed by atoms with Crippen molar-refractivity contribution < 1.29 is 14.3 Å². The molecule has 20 heavy (non-hydrogen) atoms. The minimum Gasteiger partial charge on any atom is -0.466 e. The van der Waals surface area contributed by atoms with E-state index in [0.29, 0.717) is 30.6 Å². The molecule has 2 heterocycles. The fourth-order valence-corrected chi connectivity index (χ4v) is 4.08. The summed E-state index contributed by atoms with van der Waals surface area (Å²) < 4.78 is 12.0. The van der Waals surface area contributed by atoms with Gasteiger partial charge in [-0.15, -0.1) is 11.3 Å². The van der Waals surface area contributed by atoms with Crippen molar-refractivity contribution in [3.8, 4) is 0 Å². The Labute approximate surface area is 136 Å². The van der Waals surface area contributed by atoms with Crippen LogP contribution in [0.1, 0.15) is 24.3 Å². The van der Waals surface area contributed by atoms with Crippen molar-refractivity contribution in [1.29, 1.82) is 0 Å². The van der Waals surface area contributed by atoms with Crippen LogP contribution in [0.4, 0.5) is 0 Å². The summed E-state index contributed by atoms with van der Waals surface area (Å²) in [6.45, 7) is 5.25. The summed E-state index contributed by atoms with van der Waals surface area (Å²) in [4.78, 5) is 15.2. The molecule has 1 fully saturated rings. The Morgan fingerprint density at radius 3 is 2.85 bits per heavy atom. The standard InChI is InChI=1S/C13H17BrClNO3S/c1-2-19-12(17)8-10(16-3-5-18-6-4-16)11-7-9(14)13(15)20-11/h7,10H,2-6,8H2,1H3. The predicted molar refractivity (Wildman–Crippen MR) is 83.4 cm³/mol. The molecule has 0 spiro atoms. The van der Waals surface area contributed by atoms with Gasteiger partial charge in [-0.25, -0.2) is 0 Å². The SMILES string of the molecule is CCOC(=O)CC(c1cc(Br)c(Cl)s1)N1CCOCC1. The smallest absolute Gasteiger partial charge is 0.307 e. The van der Waals surface area contributed by atoms with E-state index in [0.717, 1.165) is 22.4 Å². The molecule has 0 bridgehead atoms. The number of ether oxygens (including phenoxy) is 2. The highest BCUT2D eigenvalue weighted by molar-refractivity contribution is 9.10. The maximum Gasteiger partial charge on any atom is 0.307 e. The molecule has 0 aromatic carbocycles. The first-order valence-corrected chi connectivity index (χ1v) is 8.52. The molecular weight excluding hydrogens is 366 g/mol. The van der Waals surface area contributed by atoms with E-state index >= 15 is 0 Å². The number of carbonyl (C=O) groups is 1. The Hall–Kier alpha value is -0.140. The van der Waals surface area contributed by atoms with Crippen molar-refractivity contribution in [2.24, 2.45) is 0 Å². The van der Waals surface area contributed by atoms with Gasteiger partial charge >= 0.3 is 5.97 Å². The van der Waals surface area contributed by atoms with E-state index in [2.05, 4.69) is 20.8 Å². The van der Waals surface area contributed by atoms with Crippen LogP contribution < -0.4 is 0 Å². The van der Waals surface area contributed by atoms with Gasteiger partial charge in [-0.2, -0.15) is 0 Å². The Balaban J connectivity index is 2.16. The van der Waals surface area contributed by atoms with Crippen molar-refractivity contribution in [2.45, 2.75) is 19.4 Å². The molecular formula is C13H17BrClNO3S. The van der Waals surface area contributed by atoms with Gasteiger partial charge < -0.3 is 9.47 Å². The second-order valence-electron chi connectivity index (χ2n) is 4.44. The van der Waals surface area contributed by atoms with Crippen LogP contribution in [0.3, 0.4) is 0 Å². The van der Waals surface area contributed by atoms with E-state index in [-0.39, 0.29) is 12.0 Å². The summed E-state index contributed by atoms with van der Waals surface area (Å²) in [5.41, 5.74) is 0. The highest BCUT2D eigenvalue weighted by Crippen LogP contribution is 2.38. The number of morpholine rings is 1. The maximum absolute atomic E-state index is 11.8. The zero-order valence-electron chi connectivity index (χ0n) is 11.2. The quantitative estimate of drug-likeness (QED) is 0.731. The van der Waals surface area contributed by atoms with E-state index in [1.54, 1.807) is 0 Å². The number of halogens is 2. The number of esters is 1. The van der Waals surface area contributed by atoms with Crippen molar-refractivity contribution in [1.82, 2.24) is 4.90 Å². The number of rotatable bonds is 5. The Kier molecular flexibility index (Phi) is 6.29. The van der Waals surface area contributed by atoms with E-state index in [1.165, 1.54) is 11.3 Å². The second-order valence-corrected chi connectivity index (χ2v) is 6.98. The van der Waals surface area contributed by atoms with Crippen LogP contribution in [0.25, 0.3) is 0 Å². The van der Waals surface area contributed by atoms with Gasteiger partial charge in [-0.05, 0) is 28.9 Å². The van der Waals surface area contributed by atoms with Crippen molar-refractivity contribution >= 4 is 44.8 Å². The van der Waals surface area contributed by atoms with E-state index in [4.69, 9.17) is 21.1 Å². The van der Waals surface area contributed by atoms with Crippen LogP contribution in [0.2, 0.25) is 4.34 Å². The molecule has 4 nitrogen and oxygen atoms in total. The summed E-state index contributed by atoms with van der Waals surface area (Å²) in [5.74, 6) is -0.176. The zero-order chi connectivity index (χ0) is 14.5. The third kappa shape index (κ3) is 4.18. The highest BCUT2D eigenvalue weighted by Gasteiger charge is 2.27. The van der Waals surface area contributed by atoms with Crippen LogP contribution in [0.5, 0.6) is 0 Å². The largest absolute Gasteiger partial charge is 0.466 e. The van der Waals surface area contributed by atoms with Crippen LogP contribution >= 0.6 is 38.9 Å². The van der Waals surface area contributed by atoms with Gasteiger partial charge in [0.25, 0.3) is 0 Å². The average Bonchev–Trinajstić information content (AvgIpc) is 2.77. The third-order valence-corrected chi connectivity index (χ3v) is 5.72. The Morgan fingerprint density at radius 2 is 2.30 bits per heavy atom. The summed E-state index contributed by atoms with van der Waals surface area (Å²) in [5, 5.41) is 0. The Morgan fingerprint density at radius 1 is 1.60 bits per heavy atom. The molecule has 1 unspecified atom stereocenters. The predicted octanol–water partition coefficient (Wildman–Crippen LogP) is 3.49. The molecule has 0 saturated carbocycles. The lowest BCUT2D eigenvalue weighted by atomic mass is 10.1. The van der Waals surface area contributed by atoms with E-state index < -0.39 is 0 Å². The summed E-state index contributed by atoms with van der Waals surface area (Å²) in [6.07, 6.45) is 0.344. The minimum atomic E-state index is -0.176. The number of carbonyl (C=O) groups excluding carboxylic acids is 1. The van der Waals surface area contributed by atoms with Gasteiger partial charge in [0.2, 0.25) is 0 Å². The van der Waals surface area contributed by atoms with Crippen LogP contribution in [-0.2, 0) is 14.3 Å². The zero-order valence-corrected chi connectivity index (χ0v) is 14.4. The van der Waals surface area contributed by atoms with Crippen molar-refractivity contribution in [2.75, 3.05) is 32.9 Å². The van der Waals surface area contributed by atoms with Crippen molar-refractivity contribution in [3.63, 3.8) is 0 Å². The van der Waals surface area contributed by atoms with Crippen LogP contribution in [0.15, 0.2) is 10.5 Å². The lowest BCUT2D eigenvalue weighted by Crippen LogP contribution is -2.39. The second kappa shape index (κ2) is 7.75. The van der Waals surface area contributed by atoms with Crippen molar-refractivity contribution in [3.05, 3.63) is 19.8 Å². The Bertz CT molecular complexity index is 443. The summed E-state index contributed by atoms with van der Waals surface area (Å²) >= 11 is 11.1. The lowest BCUT2D eigenvalue weighted by molar-refractivity contribution is -0.145. The molecule has 0 aliphatic carbocycles. The molecule has 0 N–H and O–H groups in total. The molecule has 112 valence electrons. The molecule has 1 atom stereocenters. The molecule has 2 rings (SSSR count). The first-order valence-electron chi connectivity index (χ1n) is 6.54. The van der Waals surface area contributed by atoms with Gasteiger partial charge in [0.05, 0.1) is 32.3 Å². The number of hydrogen-bond donors (Lipinski definition) is 0. The van der Waals surface area contributed by atoms with Gasteiger partial charge in [-0.1, -0.05) is 11.6 Å². The molecule has 0 radical (unpaired) electrons. The average molecular weight is 383 g/mol. The van der Waals surface area contributed by atoms with E-state index in [9.17, 15) is 4.79 Å². The number of hydrogen-bond acceptors (Lipinski definition) is 5. The monoisotopic (exact) mass is 381 g/mol. The van der Waals surface area contributed by atoms with Gasteiger partial charge in [0.15, 0.2) is 0 Å². The molecule has 1 aliphatic heterocycles. The van der Waals surface area contributed by atoms with Crippen LogP contribution in [0, 0.1) is 0 Å². The fourth-order valence-electron chi connectivity index (χ4n) is 2.20. The van der Waals surface area contributed by atoms with E-state index in [1.807, 2.05) is 13.0 Å². The molecule has 1 saturated heterocycles. The summed E-state index contributed by atoms with van der Waals surface area (Å²) in [7, 11) is 0. The van der Waals surface area contributed by atoms with Gasteiger partial charge in [-0.3, -0.25) is 9.69 Å². The summed E-state index contributed by atoms with van der Waals surface area (Å²) in [6, 6.07) is 2.00. The molecule has 0 amide bonds. The molecule has 1 aromatic rings. The fraction of sp³-hybridized carbons (Fsp3) is 0.615. The highest BCUT2D eigenvalue weighted by atomic mass is 79.9. The topological polar surface area (TPSA) is 38.8 Å². The molecule has 1 aromatic heterocycles.